The van der Waals surface area contributed by atoms with E-state index >= 15 is 0 Å². The summed E-state index contributed by atoms with van der Waals surface area (Å²) in [5, 5.41) is 7.55. The van der Waals surface area contributed by atoms with Crippen LogP contribution in [0.4, 0.5) is 4.79 Å². The van der Waals surface area contributed by atoms with E-state index in [4.69, 9.17) is 4.98 Å². The Morgan fingerprint density at radius 1 is 1.17 bits per heavy atom. The van der Waals surface area contributed by atoms with E-state index < -0.39 is 0 Å². The molecule has 2 aliphatic rings. The predicted octanol–water partition coefficient (Wildman–Crippen LogP) is 3.43. The number of fused-ring (bicyclic) bond motifs is 1. The molecule has 1 aromatic carbocycles. The number of imidazole rings is 1. The first kappa shape index (κ1) is 18.1. The van der Waals surface area contributed by atoms with Crippen LogP contribution in [-0.4, -0.2) is 48.8 Å². The third-order valence-electron chi connectivity index (χ3n) is 6.36. The molecule has 8 nitrogen and oxygen atoms in total. The maximum Gasteiger partial charge on any atom is 0.318 e. The number of benzene rings is 1. The summed E-state index contributed by atoms with van der Waals surface area (Å²) in [6.45, 7) is 1.39. The Kier molecular flexibility index (Phi) is 4.91. The maximum atomic E-state index is 13.1. The summed E-state index contributed by atoms with van der Waals surface area (Å²) in [6.07, 6.45) is 10.1. The number of carbonyl (C=O) groups is 1. The van der Waals surface area contributed by atoms with Crippen LogP contribution in [0.25, 0.3) is 11.0 Å². The van der Waals surface area contributed by atoms with Crippen LogP contribution >= 0.6 is 0 Å². The molecule has 29 heavy (non-hydrogen) atoms. The molecule has 1 saturated carbocycles. The van der Waals surface area contributed by atoms with E-state index in [0.717, 1.165) is 42.7 Å². The first-order valence-corrected chi connectivity index (χ1v) is 10.6. The second-order valence-corrected chi connectivity index (χ2v) is 8.23. The molecule has 2 unspecified atom stereocenters. The molecule has 5 rings (SSSR count). The molecule has 1 saturated heterocycles. The summed E-state index contributed by atoms with van der Waals surface area (Å²) >= 11 is 0. The summed E-state index contributed by atoms with van der Waals surface area (Å²) in [7, 11) is 0. The highest BCUT2D eigenvalue weighted by molar-refractivity contribution is 5.77. The van der Waals surface area contributed by atoms with Crippen LogP contribution in [0, 0.1) is 5.92 Å². The number of para-hydroxylation sites is 2. The Bertz CT molecular complexity index is 927. The molecular formula is C21H27N7O. The quantitative estimate of drug-likeness (QED) is 0.710. The molecule has 2 N–H and O–H groups in total. The second-order valence-electron chi connectivity index (χ2n) is 8.23. The fourth-order valence-electron chi connectivity index (χ4n) is 4.77. The van der Waals surface area contributed by atoms with Crippen molar-refractivity contribution in [3.63, 3.8) is 0 Å². The minimum absolute atomic E-state index is 0.0105. The monoisotopic (exact) mass is 393 g/mol. The minimum Gasteiger partial charge on any atom is -0.340 e. The van der Waals surface area contributed by atoms with Crippen molar-refractivity contribution in [2.75, 3.05) is 13.1 Å². The lowest BCUT2D eigenvalue weighted by Crippen LogP contribution is -2.43. The highest BCUT2D eigenvalue weighted by Gasteiger charge is 2.33. The minimum atomic E-state index is -0.0828. The van der Waals surface area contributed by atoms with Crippen molar-refractivity contribution in [1.82, 2.24) is 34.9 Å². The van der Waals surface area contributed by atoms with Gasteiger partial charge in [0.1, 0.15) is 18.5 Å². The third-order valence-corrected chi connectivity index (χ3v) is 6.36. The lowest BCUT2D eigenvalue weighted by atomic mass is 9.83. The van der Waals surface area contributed by atoms with Crippen LogP contribution in [0.3, 0.4) is 0 Å². The average Bonchev–Trinajstić information content (AvgIpc) is 3.52. The molecule has 2 amide bonds. The summed E-state index contributed by atoms with van der Waals surface area (Å²) < 4.78 is 1.85. The Balaban J connectivity index is 1.34. The number of nitrogens with one attached hydrogen (secondary N) is 2. The number of aromatic nitrogens is 5. The van der Waals surface area contributed by atoms with Gasteiger partial charge in [0, 0.05) is 13.1 Å². The molecular weight excluding hydrogens is 366 g/mol. The number of aromatic amines is 1. The Labute approximate surface area is 169 Å². The van der Waals surface area contributed by atoms with Gasteiger partial charge in [0.15, 0.2) is 0 Å². The zero-order chi connectivity index (χ0) is 19.6. The van der Waals surface area contributed by atoms with E-state index in [1.54, 1.807) is 12.7 Å². The van der Waals surface area contributed by atoms with Crippen LogP contribution in [-0.2, 0) is 0 Å². The first-order valence-electron chi connectivity index (χ1n) is 10.6. The van der Waals surface area contributed by atoms with Gasteiger partial charge in [-0.2, -0.15) is 5.10 Å². The highest BCUT2D eigenvalue weighted by Crippen LogP contribution is 2.34. The maximum absolute atomic E-state index is 13.1. The molecule has 0 bridgehead atoms. The van der Waals surface area contributed by atoms with Gasteiger partial charge in [-0.3, -0.25) is 0 Å². The number of hydrogen-bond acceptors (Lipinski definition) is 4. The molecule has 152 valence electrons. The van der Waals surface area contributed by atoms with Gasteiger partial charge >= 0.3 is 6.03 Å². The van der Waals surface area contributed by atoms with Crippen molar-refractivity contribution in [3.05, 3.63) is 42.7 Å². The van der Waals surface area contributed by atoms with E-state index in [-0.39, 0.29) is 18.1 Å². The molecule has 2 aromatic heterocycles. The fraction of sp³-hybridized carbons (Fsp3) is 0.524. The van der Waals surface area contributed by atoms with Gasteiger partial charge in [-0.1, -0.05) is 31.4 Å². The van der Waals surface area contributed by atoms with Gasteiger partial charge < -0.3 is 15.2 Å². The van der Waals surface area contributed by atoms with Gasteiger partial charge in [-0.25, -0.2) is 19.4 Å². The van der Waals surface area contributed by atoms with E-state index in [1.165, 1.54) is 19.3 Å². The van der Waals surface area contributed by atoms with E-state index in [9.17, 15) is 4.79 Å². The van der Waals surface area contributed by atoms with Gasteiger partial charge in [-0.15, -0.1) is 0 Å². The van der Waals surface area contributed by atoms with Crippen molar-refractivity contribution >= 4 is 17.1 Å². The summed E-state index contributed by atoms with van der Waals surface area (Å²) in [5.74, 6) is 1.29. The molecule has 3 heterocycles. The Morgan fingerprint density at radius 2 is 2.03 bits per heavy atom. The molecule has 3 aromatic rings. The Morgan fingerprint density at radius 3 is 2.83 bits per heavy atom. The molecule has 1 aliphatic carbocycles. The predicted molar refractivity (Wildman–Crippen MR) is 109 cm³/mol. The first-order chi connectivity index (χ1) is 14.3. The van der Waals surface area contributed by atoms with Gasteiger partial charge in [0.05, 0.1) is 23.1 Å². The lowest BCUT2D eigenvalue weighted by Gasteiger charge is -2.31. The second kappa shape index (κ2) is 7.85. The summed E-state index contributed by atoms with van der Waals surface area (Å²) in [4.78, 5) is 27.3. The standard InChI is InChI=1S/C21H27N7O/c29-21(27-11-10-16(12-27)28-14-22-13-23-28)26-19(15-6-2-1-3-7-15)20-24-17-8-4-5-9-18(17)25-20/h4-5,8-9,13-16,19H,1-3,6-7,10-12H2,(H,24,25)(H,26,29). The number of nitrogens with zero attached hydrogens (tertiary/aromatic N) is 5. The van der Waals surface area contributed by atoms with Crippen molar-refractivity contribution in [2.24, 2.45) is 5.92 Å². The fourth-order valence-corrected chi connectivity index (χ4v) is 4.77. The van der Waals surface area contributed by atoms with Crippen molar-refractivity contribution in [3.8, 4) is 0 Å². The summed E-state index contributed by atoms with van der Waals surface area (Å²) in [6, 6.07) is 8.15. The summed E-state index contributed by atoms with van der Waals surface area (Å²) in [5.41, 5.74) is 1.97. The largest absolute Gasteiger partial charge is 0.340 e. The molecule has 1 aliphatic heterocycles. The number of carbonyl (C=O) groups excluding carboxylic acids is 1. The van der Waals surface area contributed by atoms with Crippen LogP contribution in [0.2, 0.25) is 0 Å². The van der Waals surface area contributed by atoms with E-state index in [1.807, 2.05) is 33.8 Å². The molecule has 2 fully saturated rings. The number of urea groups is 1. The van der Waals surface area contributed by atoms with Crippen LogP contribution in [0.15, 0.2) is 36.9 Å². The van der Waals surface area contributed by atoms with Gasteiger partial charge in [0.2, 0.25) is 0 Å². The van der Waals surface area contributed by atoms with Crippen LogP contribution in [0.5, 0.6) is 0 Å². The number of likely N-dealkylation sites (tertiary alicyclic amines) is 1. The average molecular weight is 393 g/mol. The molecule has 8 heteroatoms. The Hall–Kier alpha value is -2.90. The zero-order valence-electron chi connectivity index (χ0n) is 16.5. The van der Waals surface area contributed by atoms with Crippen LogP contribution < -0.4 is 5.32 Å². The van der Waals surface area contributed by atoms with Crippen LogP contribution in [0.1, 0.15) is 56.4 Å². The van der Waals surface area contributed by atoms with Crippen molar-refractivity contribution in [2.45, 2.75) is 50.6 Å². The van der Waals surface area contributed by atoms with Crippen molar-refractivity contribution < 1.29 is 4.79 Å². The number of amides is 2. The van der Waals surface area contributed by atoms with E-state index in [0.29, 0.717) is 12.5 Å². The van der Waals surface area contributed by atoms with Gasteiger partial charge in [-0.05, 0) is 37.3 Å². The number of hydrogen-bond donors (Lipinski definition) is 2. The smallest absolute Gasteiger partial charge is 0.318 e. The number of rotatable bonds is 4. The molecule has 0 spiro atoms. The molecule has 0 radical (unpaired) electrons. The highest BCUT2D eigenvalue weighted by atomic mass is 16.2. The molecule has 2 atom stereocenters. The number of H-pyrrole nitrogens is 1. The van der Waals surface area contributed by atoms with Crippen molar-refractivity contribution in [1.29, 1.82) is 0 Å². The SMILES string of the molecule is O=C(NC(c1nc2ccccc2[nH]1)C1CCCCC1)N1CCC(n2cncn2)C1. The lowest BCUT2D eigenvalue weighted by molar-refractivity contribution is 0.189. The normalized spacial score (nSPS) is 21.5. The third kappa shape index (κ3) is 3.71. The van der Waals surface area contributed by atoms with E-state index in [2.05, 4.69) is 20.4 Å². The topological polar surface area (TPSA) is 91.7 Å². The van der Waals surface area contributed by atoms with Gasteiger partial charge in [0.25, 0.3) is 0 Å². The zero-order valence-corrected chi connectivity index (χ0v) is 16.5.